The Hall–Kier alpha value is -0.600. The fourth-order valence-corrected chi connectivity index (χ4v) is 1.25. The van der Waals surface area contributed by atoms with Crippen LogP contribution in [0.15, 0.2) is 25.3 Å². The minimum atomic E-state index is 0.0477. The average Bonchev–Trinajstić information content (AvgIpc) is 2.17. The van der Waals surface area contributed by atoms with Gasteiger partial charge in [0.1, 0.15) is 0 Å². The predicted octanol–water partition coefficient (Wildman–Crippen LogP) is 1.83. The van der Waals surface area contributed by atoms with Gasteiger partial charge in [-0.3, -0.25) is 0 Å². The zero-order valence-electron chi connectivity index (χ0n) is 8.63. The maximum Gasteiger partial charge on any atom is 0.0377 e. The third-order valence-electron chi connectivity index (χ3n) is 2.13. The molecule has 0 rings (SSSR count). The summed E-state index contributed by atoms with van der Waals surface area (Å²) in [6, 6.07) is 0.391. The number of nitrogens with one attached hydrogen (secondary N) is 1. The van der Waals surface area contributed by atoms with E-state index >= 15 is 0 Å². The molecule has 13 heavy (non-hydrogen) atoms. The molecule has 0 radical (unpaired) electrons. The normalized spacial score (nSPS) is 14.9. The standard InChI is InChI=1S/C11H22N2/c1-4-7-8-11(10(12)6-3)13-9-5-2/h5-6,10-11,13H,2-4,7-9,12H2,1H3. The fourth-order valence-electron chi connectivity index (χ4n) is 1.25. The summed E-state index contributed by atoms with van der Waals surface area (Å²) < 4.78 is 0. The molecule has 0 aromatic heterocycles. The second-order valence-electron chi connectivity index (χ2n) is 3.26. The first-order valence-corrected chi connectivity index (χ1v) is 4.98. The second-order valence-corrected chi connectivity index (χ2v) is 3.26. The highest BCUT2D eigenvalue weighted by Gasteiger charge is 2.12. The van der Waals surface area contributed by atoms with Gasteiger partial charge in [0, 0.05) is 18.6 Å². The molecule has 0 saturated carbocycles. The van der Waals surface area contributed by atoms with Gasteiger partial charge in [0.2, 0.25) is 0 Å². The van der Waals surface area contributed by atoms with Crippen LogP contribution < -0.4 is 11.1 Å². The highest BCUT2D eigenvalue weighted by atomic mass is 14.9. The first kappa shape index (κ1) is 12.4. The van der Waals surface area contributed by atoms with Crippen LogP contribution in [0.3, 0.4) is 0 Å². The predicted molar refractivity (Wildman–Crippen MR) is 59.7 cm³/mol. The van der Waals surface area contributed by atoms with Crippen molar-refractivity contribution in [1.82, 2.24) is 5.32 Å². The topological polar surface area (TPSA) is 38.0 Å². The lowest BCUT2D eigenvalue weighted by atomic mass is 10.0. The summed E-state index contributed by atoms with van der Waals surface area (Å²) in [5.74, 6) is 0. The third-order valence-corrected chi connectivity index (χ3v) is 2.13. The molecule has 0 fully saturated rings. The molecule has 0 bridgehead atoms. The molecule has 0 spiro atoms. The molecule has 0 saturated heterocycles. The molecule has 2 heteroatoms. The molecule has 0 aliphatic rings. The Morgan fingerprint density at radius 3 is 2.62 bits per heavy atom. The van der Waals surface area contributed by atoms with Gasteiger partial charge >= 0.3 is 0 Å². The third kappa shape index (κ3) is 5.61. The quantitative estimate of drug-likeness (QED) is 0.562. The maximum atomic E-state index is 5.88. The van der Waals surface area contributed by atoms with Crippen molar-refractivity contribution in [3.05, 3.63) is 25.3 Å². The Morgan fingerprint density at radius 1 is 1.46 bits per heavy atom. The second kappa shape index (κ2) is 8.02. The van der Waals surface area contributed by atoms with E-state index in [1.165, 1.54) is 12.8 Å². The summed E-state index contributed by atoms with van der Waals surface area (Å²) in [4.78, 5) is 0. The zero-order chi connectivity index (χ0) is 10.1. The highest BCUT2D eigenvalue weighted by Crippen LogP contribution is 2.04. The van der Waals surface area contributed by atoms with E-state index in [0.717, 1.165) is 13.0 Å². The van der Waals surface area contributed by atoms with Crippen molar-refractivity contribution in [2.75, 3.05) is 6.54 Å². The van der Waals surface area contributed by atoms with Crippen molar-refractivity contribution in [3.63, 3.8) is 0 Å². The van der Waals surface area contributed by atoms with Gasteiger partial charge in [-0.25, -0.2) is 0 Å². The molecule has 0 amide bonds. The van der Waals surface area contributed by atoms with Crippen LogP contribution in [0.4, 0.5) is 0 Å². The molecule has 3 N–H and O–H groups in total. The van der Waals surface area contributed by atoms with E-state index in [9.17, 15) is 0 Å². The SMILES string of the molecule is C=CCNC(CCCC)C(N)C=C. The van der Waals surface area contributed by atoms with Crippen molar-refractivity contribution in [2.45, 2.75) is 38.3 Å². The molecule has 0 aliphatic carbocycles. The molecule has 2 atom stereocenters. The van der Waals surface area contributed by atoms with Crippen LogP contribution in [-0.4, -0.2) is 18.6 Å². The lowest BCUT2D eigenvalue weighted by molar-refractivity contribution is 0.449. The molecule has 0 heterocycles. The summed E-state index contributed by atoms with van der Waals surface area (Å²) in [5.41, 5.74) is 5.88. The van der Waals surface area contributed by atoms with Crippen molar-refractivity contribution in [1.29, 1.82) is 0 Å². The summed E-state index contributed by atoms with van der Waals surface area (Å²) in [6.45, 7) is 10.4. The zero-order valence-corrected chi connectivity index (χ0v) is 8.63. The Balaban J connectivity index is 3.85. The van der Waals surface area contributed by atoms with Gasteiger partial charge in [-0.15, -0.1) is 13.2 Å². The summed E-state index contributed by atoms with van der Waals surface area (Å²) >= 11 is 0. The number of nitrogens with two attached hydrogens (primary N) is 1. The van der Waals surface area contributed by atoms with Crippen molar-refractivity contribution in [3.8, 4) is 0 Å². The highest BCUT2D eigenvalue weighted by molar-refractivity contribution is 4.93. The van der Waals surface area contributed by atoms with Crippen LogP contribution in [0.2, 0.25) is 0 Å². The van der Waals surface area contributed by atoms with E-state index in [0.29, 0.717) is 6.04 Å². The van der Waals surface area contributed by atoms with Gasteiger partial charge in [0.15, 0.2) is 0 Å². The largest absolute Gasteiger partial charge is 0.323 e. The average molecular weight is 182 g/mol. The van der Waals surface area contributed by atoms with Crippen molar-refractivity contribution < 1.29 is 0 Å². The number of hydrogen-bond donors (Lipinski definition) is 2. The Bertz CT molecular complexity index is 143. The number of rotatable bonds is 8. The summed E-state index contributed by atoms with van der Waals surface area (Å²) in [5, 5.41) is 3.34. The van der Waals surface area contributed by atoms with E-state index in [-0.39, 0.29) is 6.04 Å². The van der Waals surface area contributed by atoms with Crippen LogP contribution >= 0.6 is 0 Å². The van der Waals surface area contributed by atoms with Gasteiger partial charge in [-0.2, -0.15) is 0 Å². The molecule has 0 aliphatic heterocycles. The van der Waals surface area contributed by atoms with E-state index in [1.807, 2.05) is 6.08 Å². The van der Waals surface area contributed by atoms with Gasteiger partial charge < -0.3 is 11.1 Å². The molecular weight excluding hydrogens is 160 g/mol. The molecule has 2 nitrogen and oxygen atoms in total. The lowest BCUT2D eigenvalue weighted by Gasteiger charge is -2.21. The maximum absolute atomic E-state index is 5.88. The van der Waals surface area contributed by atoms with Crippen LogP contribution in [-0.2, 0) is 0 Å². The minimum Gasteiger partial charge on any atom is -0.323 e. The minimum absolute atomic E-state index is 0.0477. The van der Waals surface area contributed by atoms with E-state index < -0.39 is 0 Å². The van der Waals surface area contributed by atoms with Crippen molar-refractivity contribution in [2.24, 2.45) is 5.73 Å². The monoisotopic (exact) mass is 182 g/mol. The van der Waals surface area contributed by atoms with Gasteiger partial charge in [0.25, 0.3) is 0 Å². The number of unbranched alkanes of at least 4 members (excludes halogenated alkanes) is 1. The first-order chi connectivity index (χ1) is 6.26. The van der Waals surface area contributed by atoms with E-state index in [1.54, 1.807) is 6.08 Å². The van der Waals surface area contributed by atoms with Crippen LogP contribution in [0.25, 0.3) is 0 Å². The summed E-state index contributed by atoms with van der Waals surface area (Å²) in [7, 11) is 0. The van der Waals surface area contributed by atoms with Crippen LogP contribution in [0, 0.1) is 0 Å². The van der Waals surface area contributed by atoms with Gasteiger partial charge in [-0.1, -0.05) is 31.9 Å². The molecule has 2 unspecified atom stereocenters. The summed E-state index contributed by atoms with van der Waals surface area (Å²) in [6.07, 6.45) is 7.18. The lowest BCUT2D eigenvalue weighted by Crippen LogP contribution is -2.43. The fraction of sp³-hybridized carbons (Fsp3) is 0.636. The smallest absolute Gasteiger partial charge is 0.0377 e. The Labute approximate surface area is 81.9 Å². The van der Waals surface area contributed by atoms with Crippen molar-refractivity contribution >= 4 is 0 Å². The Kier molecular flexibility index (Phi) is 7.65. The van der Waals surface area contributed by atoms with Gasteiger partial charge in [-0.05, 0) is 6.42 Å². The van der Waals surface area contributed by atoms with Crippen LogP contribution in [0.1, 0.15) is 26.2 Å². The Morgan fingerprint density at radius 2 is 2.15 bits per heavy atom. The van der Waals surface area contributed by atoms with E-state index in [4.69, 9.17) is 5.73 Å². The molecule has 76 valence electrons. The molecule has 0 aromatic rings. The molecular formula is C11H22N2. The molecule has 0 aromatic carbocycles. The number of hydrogen-bond acceptors (Lipinski definition) is 2. The van der Waals surface area contributed by atoms with Gasteiger partial charge in [0.05, 0.1) is 0 Å². The van der Waals surface area contributed by atoms with Crippen LogP contribution in [0.5, 0.6) is 0 Å². The van der Waals surface area contributed by atoms with E-state index in [2.05, 4.69) is 25.4 Å². The first-order valence-electron chi connectivity index (χ1n) is 4.98.